The second kappa shape index (κ2) is 8.25. The van der Waals surface area contributed by atoms with Crippen molar-refractivity contribution in [2.75, 3.05) is 26.7 Å². The molecule has 0 spiro atoms. The van der Waals surface area contributed by atoms with Crippen LogP contribution in [-0.2, 0) is 15.1 Å². The Morgan fingerprint density at radius 3 is 2.80 bits per heavy atom. The maximum Gasteiger partial charge on any atom is 0.338 e. The van der Waals surface area contributed by atoms with Gasteiger partial charge in [0.1, 0.15) is 11.4 Å². The number of rotatable bonds is 5. The summed E-state index contributed by atoms with van der Waals surface area (Å²) in [7, 11) is 1.33. The monoisotopic (exact) mass is 430 g/mol. The zero-order valence-electron chi connectivity index (χ0n) is 16.8. The largest absolute Gasteiger partial charge is 0.466 e. The third kappa shape index (κ3) is 3.88. The van der Waals surface area contributed by atoms with Crippen molar-refractivity contribution in [3.8, 4) is 0 Å². The summed E-state index contributed by atoms with van der Waals surface area (Å²) in [6.45, 7) is 3.48. The number of methoxy groups -OCH3 is 1. The summed E-state index contributed by atoms with van der Waals surface area (Å²) < 4.78 is 18.7. The standard InChI is InChI=1S/C21H23FN4O3S/c1-21(13-3-5-14(22)6-4-13)17(20(28)29-2)16(12-26-9-7-15(27)11-26)24-18(25-21)19-23-8-10-30-19/h3-6,8,10,15,27H,7,9,11-12H2,1-2H3,(H,24,25). The Labute approximate surface area is 177 Å². The van der Waals surface area contributed by atoms with Crippen LogP contribution in [0.1, 0.15) is 23.9 Å². The Hall–Kier alpha value is -2.62. The summed E-state index contributed by atoms with van der Waals surface area (Å²) in [5, 5.41) is 15.7. The quantitative estimate of drug-likeness (QED) is 0.706. The highest BCUT2D eigenvalue weighted by Crippen LogP contribution is 2.39. The molecule has 2 N–H and O–H groups in total. The smallest absolute Gasteiger partial charge is 0.338 e. The number of aliphatic imine (C=N–C) groups is 1. The number of nitrogens with one attached hydrogen (secondary N) is 1. The topological polar surface area (TPSA) is 87.0 Å². The fourth-order valence-electron chi connectivity index (χ4n) is 3.95. The molecule has 0 bridgehead atoms. The van der Waals surface area contributed by atoms with E-state index in [9.17, 15) is 14.3 Å². The molecule has 3 heterocycles. The number of nitrogens with zero attached hydrogens (tertiary/aromatic N) is 3. The molecule has 0 radical (unpaired) electrons. The fourth-order valence-corrected chi connectivity index (χ4v) is 4.53. The number of benzene rings is 1. The van der Waals surface area contributed by atoms with Gasteiger partial charge < -0.3 is 15.2 Å². The van der Waals surface area contributed by atoms with Crippen molar-refractivity contribution in [1.82, 2.24) is 15.2 Å². The molecule has 2 aromatic rings. The molecule has 2 aliphatic heterocycles. The normalized spacial score (nSPS) is 24.5. The molecule has 1 fully saturated rings. The van der Waals surface area contributed by atoms with Gasteiger partial charge in [-0.3, -0.25) is 4.90 Å². The van der Waals surface area contributed by atoms with Crippen LogP contribution in [0.4, 0.5) is 4.39 Å². The highest BCUT2D eigenvalue weighted by molar-refractivity contribution is 7.11. The Bertz CT molecular complexity index is 990. The van der Waals surface area contributed by atoms with Crippen LogP contribution in [0.5, 0.6) is 0 Å². The summed E-state index contributed by atoms with van der Waals surface area (Å²) in [4.78, 5) is 24.2. The Morgan fingerprint density at radius 1 is 1.43 bits per heavy atom. The Balaban J connectivity index is 1.85. The molecule has 158 valence electrons. The highest BCUT2D eigenvalue weighted by atomic mass is 32.1. The van der Waals surface area contributed by atoms with Crippen molar-refractivity contribution >= 4 is 23.1 Å². The lowest BCUT2D eigenvalue weighted by atomic mass is 9.82. The van der Waals surface area contributed by atoms with E-state index in [0.29, 0.717) is 47.2 Å². The first-order valence-corrected chi connectivity index (χ1v) is 10.5. The van der Waals surface area contributed by atoms with Gasteiger partial charge in [0.2, 0.25) is 0 Å². The minimum atomic E-state index is -1.10. The molecular weight excluding hydrogens is 407 g/mol. The van der Waals surface area contributed by atoms with Crippen LogP contribution in [0, 0.1) is 5.82 Å². The number of likely N-dealkylation sites (tertiary alicyclic amines) is 1. The first kappa shape index (κ1) is 20.6. The zero-order chi connectivity index (χ0) is 21.3. The van der Waals surface area contributed by atoms with Gasteiger partial charge in [0.25, 0.3) is 0 Å². The van der Waals surface area contributed by atoms with Gasteiger partial charge in [0.05, 0.1) is 18.8 Å². The number of aliphatic hydroxyl groups is 1. The SMILES string of the molecule is COC(=O)C1=C(CN2CCC(O)C2)NC(c2nccs2)=NC1(C)c1ccc(F)cc1. The summed E-state index contributed by atoms with van der Waals surface area (Å²) >= 11 is 1.43. The van der Waals surface area contributed by atoms with Gasteiger partial charge in [-0.1, -0.05) is 12.1 Å². The van der Waals surface area contributed by atoms with E-state index in [0.717, 1.165) is 6.54 Å². The molecule has 7 nitrogen and oxygen atoms in total. The van der Waals surface area contributed by atoms with Crippen molar-refractivity contribution in [3.63, 3.8) is 0 Å². The number of halogens is 1. The van der Waals surface area contributed by atoms with Crippen LogP contribution >= 0.6 is 11.3 Å². The van der Waals surface area contributed by atoms with Crippen molar-refractivity contribution in [3.05, 3.63) is 63.5 Å². The predicted octanol–water partition coefficient (Wildman–Crippen LogP) is 2.04. The van der Waals surface area contributed by atoms with Crippen molar-refractivity contribution in [2.45, 2.75) is 25.0 Å². The van der Waals surface area contributed by atoms with E-state index in [1.165, 1.54) is 30.6 Å². The number of aliphatic hydroxyl groups excluding tert-OH is 1. The minimum absolute atomic E-state index is 0.360. The van der Waals surface area contributed by atoms with E-state index in [1.54, 1.807) is 18.3 Å². The number of hydrogen-bond acceptors (Lipinski definition) is 8. The number of thiazole rings is 1. The van der Waals surface area contributed by atoms with Gasteiger partial charge in [0.15, 0.2) is 10.8 Å². The van der Waals surface area contributed by atoms with Gasteiger partial charge in [-0.15, -0.1) is 11.3 Å². The van der Waals surface area contributed by atoms with Crippen molar-refractivity contribution in [1.29, 1.82) is 0 Å². The van der Waals surface area contributed by atoms with E-state index < -0.39 is 11.5 Å². The molecule has 2 unspecified atom stereocenters. The van der Waals surface area contributed by atoms with Crippen LogP contribution in [-0.4, -0.2) is 59.6 Å². The zero-order valence-corrected chi connectivity index (χ0v) is 17.6. The van der Waals surface area contributed by atoms with Crippen LogP contribution in [0.2, 0.25) is 0 Å². The number of aromatic nitrogens is 1. The molecule has 4 rings (SSSR count). The number of esters is 1. The maximum atomic E-state index is 13.6. The van der Waals surface area contributed by atoms with E-state index in [2.05, 4.69) is 15.2 Å². The molecule has 1 aromatic carbocycles. The summed E-state index contributed by atoms with van der Waals surface area (Å²) in [6.07, 6.45) is 1.99. The molecule has 1 aromatic heterocycles. The van der Waals surface area contributed by atoms with Crippen LogP contribution in [0.3, 0.4) is 0 Å². The van der Waals surface area contributed by atoms with Crippen LogP contribution in [0.25, 0.3) is 0 Å². The molecule has 0 amide bonds. The molecule has 1 saturated heterocycles. The predicted molar refractivity (Wildman–Crippen MR) is 112 cm³/mol. The second-order valence-electron chi connectivity index (χ2n) is 7.52. The summed E-state index contributed by atoms with van der Waals surface area (Å²) in [5.74, 6) is -0.333. The second-order valence-corrected chi connectivity index (χ2v) is 8.42. The van der Waals surface area contributed by atoms with Crippen molar-refractivity contribution < 1.29 is 19.0 Å². The van der Waals surface area contributed by atoms with Crippen molar-refractivity contribution in [2.24, 2.45) is 4.99 Å². The van der Waals surface area contributed by atoms with Gasteiger partial charge in [0, 0.05) is 36.9 Å². The minimum Gasteiger partial charge on any atom is -0.466 e. The van der Waals surface area contributed by atoms with Gasteiger partial charge in [-0.2, -0.15) is 0 Å². The lowest BCUT2D eigenvalue weighted by Gasteiger charge is -2.35. The number of β-amino-alcohol motifs (C(OH)–C–C–N with tert-alkyl or cyclic N) is 1. The summed E-state index contributed by atoms with van der Waals surface area (Å²) in [5.41, 5.74) is 0.570. The molecule has 2 atom stereocenters. The highest BCUT2D eigenvalue weighted by Gasteiger charge is 2.43. The van der Waals surface area contributed by atoms with Gasteiger partial charge in [-0.05, 0) is 31.0 Å². The Morgan fingerprint density at radius 2 is 2.20 bits per heavy atom. The maximum absolute atomic E-state index is 13.6. The molecule has 9 heteroatoms. The number of amidine groups is 1. The summed E-state index contributed by atoms with van der Waals surface area (Å²) in [6, 6.07) is 5.97. The fraction of sp³-hybridized carbons (Fsp3) is 0.381. The lowest BCUT2D eigenvalue weighted by molar-refractivity contribution is -0.137. The number of carbonyl (C=O) groups excluding carboxylic acids is 1. The third-order valence-corrected chi connectivity index (χ3v) is 6.23. The number of hydrogen-bond donors (Lipinski definition) is 2. The molecule has 0 aliphatic carbocycles. The molecule has 2 aliphatic rings. The molecule has 30 heavy (non-hydrogen) atoms. The average molecular weight is 431 g/mol. The number of ether oxygens (including phenoxy) is 1. The first-order valence-electron chi connectivity index (χ1n) is 9.66. The van der Waals surface area contributed by atoms with Crippen LogP contribution < -0.4 is 5.32 Å². The average Bonchev–Trinajstić information content (AvgIpc) is 3.40. The first-order chi connectivity index (χ1) is 14.4. The van der Waals surface area contributed by atoms with E-state index in [1.807, 2.05) is 12.3 Å². The Kier molecular flexibility index (Phi) is 5.68. The van der Waals surface area contributed by atoms with E-state index in [4.69, 9.17) is 9.73 Å². The molecular formula is C21H23FN4O3S. The van der Waals surface area contributed by atoms with Crippen LogP contribution in [0.15, 0.2) is 52.1 Å². The molecule has 0 saturated carbocycles. The third-order valence-electron chi connectivity index (χ3n) is 5.45. The van der Waals surface area contributed by atoms with Gasteiger partial charge in [-0.25, -0.2) is 19.2 Å². The van der Waals surface area contributed by atoms with Gasteiger partial charge >= 0.3 is 5.97 Å². The lowest BCUT2D eigenvalue weighted by Crippen LogP contribution is -2.44. The van der Waals surface area contributed by atoms with E-state index in [-0.39, 0.29) is 11.9 Å². The number of carbonyl (C=O) groups is 1. The van der Waals surface area contributed by atoms with E-state index >= 15 is 0 Å².